The Morgan fingerprint density at radius 1 is 1.07 bits per heavy atom. The van der Waals surface area contributed by atoms with Gasteiger partial charge >= 0.3 is 0 Å². The fraction of sp³-hybridized carbons (Fsp3) is 0.391. The number of halogens is 1. The summed E-state index contributed by atoms with van der Waals surface area (Å²) < 4.78 is 0. The van der Waals surface area contributed by atoms with E-state index in [-0.39, 0.29) is 23.9 Å². The van der Waals surface area contributed by atoms with Crippen LogP contribution in [0.25, 0.3) is 0 Å². The van der Waals surface area contributed by atoms with E-state index in [0.717, 1.165) is 38.0 Å². The second kappa shape index (κ2) is 10.4. The maximum Gasteiger partial charge on any atom is 0.241 e. The molecule has 3 rings (SSSR count). The highest BCUT2D eigenvalue weighted by molar-refractivity contribution is 6.30. The maximum absolute atomic E-state index is 12.5. The Labute approximate surface area is 177 Å². The van der Waals surface area contributed by atoms with E-state index >= 15 is 0 Å². The molecule has 5 nitrogen and oxygen atoms in total. The van der Waals surface area contributed by atoms with Crippen molar-refractivity contribution in [1.82, 2.24) is 10.2 Å². The van der Waals surface area contributed by atoms with Crippen LogP contribution in [-0.4, -0.2) is 41.9 Å². The fourth-order valence-electron chi connectivity index (χ4n) is 3.58. The number of aryl methyl sites for hydroxylation is 1. The average molecular weight is 414 g/mol. The van der Waals surface area contributed by atoms with E-state index < -0.39 is 0 Å². The van der Waals surface area contributed by atoms with Gasteiger partial charge in [-0.2, -0.15) is 0 Å². The third kappa shape index (κ3) is 6.58. The number of carbonyl (C=O) groups is 2. The van der Waals surface area contributed by atoms with Crippen LogP contribution >= 0.6 is 11.6 Å². The predicted octanol–water partition coefficient (Wildman–Crippen LogP) is 3.88. The number of hydrogen-bond acceptors (Lipinski definition) is 3. The molecule has 0 aromatic heterocycles. The largest absolute Gasteiger partial charge is 0.353 e. The van der Waals surface area contributed by atoms with Crippen LogP contribution in [0.2, 0.25) is 5.02 Å². The molecule has 6 heteroatoms. The normalized spacial score (nSPS) is 16.2. The van der Waals surface area contributed by atoms with Crippen LogP contribution in [0.5, 0.6) is 0 Å². The van der Waals surface area contributed by atoms with E-state index in [4.69, 9.17) is 11.6 Å². The molecule has 154 valence electrons. The van der Waals surface area contributed by atoms with Gasteiger partial charge in [0.25, 0.3) is 0 Å². The van der Waals surface area contributed by atoms with E-state index in [1.165, 1.54) is 5.56 Å². The minimum absolute atomic E-state index is 0.0299. The van der Waals surface area contributed by atoms with Gasteiger partial charge in [0.1, 0.15) is 0 Å². The quantitative estimate of drug-likeness (QED) is 0.724. The Kier molecular flexibility index (Phi) is 7.67. The molecule has 29 heavy (non-hydrogen) atoms. The van der Waals surface area contributed by atoms with Crippen molar-refractivity contribution < 1.29 is 9.59 Å². The van der Waals surface area contributed by atoms with E-state index in [0.29, 0.717) is 11.4 Å². The van der Waals surface area contributed by atoms with Crippen molar-refractivity contribution in [2.45, 2.75) is 44.7 Å². The Morgan fingerprint density at radius 3 is 2.38 bits per heavy atom. The van der Waals surface area contributed by atoms with E-state index in [2.05, 4.69) is 15.5 Å². The molecule has 2 amide bonds. The molecule has 0 bridgehead atoms. The molecule has 1 unspecified atom stereocenters. The molecule has 0 aliphatic carbocycles. The Bertz CT molecular complexity index is 803. The van der Waals surface area contributed by atoms with Crippen LogP contribution in [0.3, 0.4) is 0 Å². The van der Waals surface area contributed by atoms with Crippen LogP contribution in [0.1, 0.15) is 31.7 Å². The summed E-state index contributed by atoms with van der Waals surface area (Å²) in [5, 5.41) is 6.72. The lowest BCUT2D eigenvalue weighted by atomic mass is 10.0. The number of rotatable bonds is 7. The lowest BCUT2D eigenvalue weighted by Crippen LogP contribution is -2.50. The van der Waals surface area contributed by atoms with Crippen molar-refractivity contribution in [3.63, 3.8) is 0 Å². The van der Waals surface area contributed by atoms with Crippen molar-refractivity contribution in [2.24, 2.45) is 0 Å². The topological polar surface area (TPSA) is 61.4 Å². The fourth-order valence-corrected chi connectivity index (χ4v) is 3.71. The molecular weight excluding hydrogens is 386 g/mol. The lowest BCUT2D eigenvalue weighted by molar-refractivity contribution is -0.123. The Morgan fingerprint density at radius 2 is 1.72 bits per heavy atom. The molecule has 0 radical (unpaired) electrons. The van der Waals surface area contributed by atoms with Crippen molar-refractivity contribution in [1.29, 1.82) is 0 Å². The number of piperidine rings is 1. The highest BCUT2D eigenvalue weighted by atomic mass is 35.5. The third-order valence-corrected chi connectivity index (χ3v) is 5.67. The van der Waals surface area contributed by atoms with Gasteiger partial charge in [-0.1, -0.05) is 41.9 Å². The van der Waals surface area contributed by atoms with Crippen LogP contribution in [-0.2, 0) is 16.0 Å². The number of likely N-dealkylation sites (tertiary alicyclic amines) is 1. The first kappa shape index (κ1) is 21.3. The molecule has 1 aliphatic heterocycles. The summed E-state index contributed by atoms with van der Waals surface area (Å²) in [7, 11) is 0. The lowest BCUT2D eigenvalue weighted by Gasteiger charge is -2.35. The Hall–Kier alpha value is -2.37. The van der Waals surface area contributed by atoms with Crippen molar-refractivity contribution in [3.8, 4) is 0 Å². The number of hydrogen-bond donors (Lipinski definition) is 2. The first-order valence-electron chi connectivity index (χ1n) is 10.1. The van der Waals surface area contributed by atoms with Crippen LogP contribution in [0.4, 0.5) is 5.69 Å². The van der Waals surface area contributed by atoms with Crippen LogP contribution < -0.4 is 10.6 Å². The van der Waals surface area contributed by atoms with E-state index in [1.54, 1.807) is 24.3 Å². The number of nitrogens with one attached hydrogen (secondary N) is 2. The SMILES string of the molecule is CC(C(=O)Nc1ccc(Cl)cc1)N1CCC(NC(=O)CCc2ccccc2)CC1. The zero-order valence-corrected chi connectivity index (χ0v) is 17.5. The van der Waals surface area contributed by atoms with Gasteiger partial charge in [0.05, 0.1) is 6.04 Å². The second-order valence-corrected chi connectivity index (χ2v) is 7.97. The Balaban J connectivity index is 1.39. The molecule has 1 aliphatic rings. The molecular formula is C23H28ClN3O2. The van der Waals surface area contributed by atoms with Gasteiger partial charge in [0.15, 0.2) is 0 Å². The zero-order chi connectivity index (χ0) is 20.6. The first-order valence-corrected chi connectivity index (χ1v) is 10.5. The van der Waals surface area contributed by atoms with Gasteiger partial charge < -0.3 is 10.6 Å². The molecule has 1 atom stereocenters. The molecule has 1 heterocycles. The molecule has 0 spiro atoms. The number of anilines is 1. The van der Waals surface area contributed by atoms with Gasteiger partial charge in [-0.15, -0.1) is 0 Å². The molecule has 2 N–H and O–H groups in total. The van der Waals surface area contributed by atoms with Crippen LogP contribution in [0.15, 0.2) is 54.6 Å². The summed E-state index contributed by atoms with van der Waals surface area (Å²) in [6.07, 6.45) is 2.98. The minimum Gasteiger partial charge on any atom is -0.353 e. The smallest absolute Gasteiger partial charge is 0.241 e. The minimum atomic E-state index is -0.222. The summed E-state index contributed by atoms with van der Waals surface area (Å²) in [4.78, 5) is 26.9. The summed E-state index contributed by atoms with van der Waals surface area (Å²) in [5.74, 6) is 0.0681. The molecule has 2 aromatic carbocycles. The standard InChI is InChI=1S/C23H28ClN3O2/c1-17(23(29)26-20-10-8-19(24)9-11-20)27-15-13-21(14-16-27)25-22(28)12-7-18-5-3-2-4-6-18/h2-6,8-11,17,21H,7,12-16H2,1H3,(H,25,28)(H,26,29). The highest BCUT2D eigenvalue weighted by Crippen LogP contribution is 2.17. The van der Waals surface area contributed by atoms with E-state index in [1.807, 2.05) is 37.3 Å². The monoisotopic (exact) mass is 413 g/mol. The van der Waals surface area contributed by atoms with Gasteiger partial charge in [-0.05, 0) is 56.0 Å². The molecule has 2 aromatic rings. The summed E-state index contributed by atoms with van der Waals surface area (Å²) >= 11 is 5.88. The maximum atomic E-state index is 12.5. The van der Waals surface area contributed by atoms with E-state index in [9.17, 15) is 9.59 Å². The van der Waals surface area contributed by atoms with Gasteiger partial charge in [-0.25, -0.2) is 0 Å². The second-order valence-electron chi connectivity index (χ2n) is 7.54. The number of amides is 2. The van der Waals surface area contributed by atoms with Crippen molar-refractivity contribution >= 4 is 29.1 Å². The molecule has 1 saturated heterocycles. The molecule has 0 saturated carbocycles. The number of benzene rings is 2. The van der Waals surface area contributed by atoms with Crippen molar-refractivity contribution in [3.05, 3.63) is 65.2 Å². The summed E-state index contributed by atoms with van der Waals surface area (Å²) in [5.41, 5.74) is 1.92. The third-order valence-electron chi connectivity index (χ3n) is 5.42. The summed E-state index contributed by atoms with van der Waals surface area (Å²) in [6.45, 7) is 3.50. The average Bonchev–Trinajstić information content (AvgIpc) is 2.74. The molecule has 1 fully saturated rings. The van der Waals surface area contributed by atoms with Crippen LogP contribution in [0, 0.1) is 0 Å². The predicted molar refractivity (Wildman–Crippen MR) is 117 cm³/mol. The van der Waals surface area contributed by atoms with Gasteiger partial charge in [0.2, 0.25) is 11.8 Å². The van der Waals surface area contributed by atoms with Gasteiger partial charge in [-0.3, -0.25) is 14.5 Å². The van der Waals surface area contributed by atoms with Crippen molar-refractivity contribution in [2.75, 3.05) is 18.4 Å². The highest BCUT2D eigenvalue weighted by Gasteiger charge is 2.27. The number of nitrogens with zero attached hydrogens (tertiary/aromatic N) is 1. The number of carbonyl (C=O) groups excluding carboxylic acids is 2. The first-order chi connectivity index (χ1) is 14.0. The summed E-state index contributed by atoms with van der Waals surface area (Å²) in [6, 6.07) is 17.1. The zero-order valence-electron chi connectivity index (χ0n) is 16.7. The van der Waals surface area contributed by atoms with Gasteiger partial charge in [0, 0.05) is 36.3 Å².